The molecule has 1 N–H and O–H groups in total. The molecule has 15 heavy (non-hydrogen) atoms. The van der Waals surface area contributed by atoms with Crippen molar-refractivity contribution in [3.05, 3.63) is 31.6 Å². The van der Waals surface area contributed by atoms with Gasteiger partial charge in [0.15, 0.2) is 0 Å². The van der Waals surface area contributed by atoms with Gasteiger partial charge in [-0.1, -0.05) is 25.4 Å². The van der Waals surface area contributed by atoms with Crippen LogP contribution in [-0.2, 0) is 0 Å². The topological polar surface area (TPSA) is 54.9 Å². The molecule has 1 rings (SSSR count). The van der Waals surface area contributed by atoms with Crippen LogP contribution in [0.4, 0.5) is 0 Å². The standard InChI is InChI=1S/C10H15ClN2O2/c1-4-7(5-2)13-9(14)6(3)8(11)12-10(13)15/h7H,4-5H2,1-3H3,(H,12,15). The number of aromatic nitrogens is 2. The Bertz CT molecular complexity index is 457. The lowest BCUT2D eigenvalue weighted by molar-refractivity contribution is 0.437. The highest BCUT2D eigenvalue weighted by molar-refractivity contribution is 6.30. The van der Waals surface area contributed by atoms with Gasteiger partial charge in [0.1, 0.15) is 5.15 Å². The second-order valence-corrected chi connectivity index (χ2v) is 3.89. The average molecular weight is 231 g/mol. The molecule has 1 aromatic rings. The van der Waals surface area contributed by atoms with Gasteiger partial charge in [0, 0.05) is 11.6 Å². The maximum atomic E-state index is 11.8. The normalized spacial score (nSPS) is 11.0. The average Bonchev–Trinajstić information content (AvgIpc) is 2.21. The highest BCUT2D eigenvalue weighted by Gasteiger charge is 2.14. The van der Waals surface area contributed by atoms with Gasteiger partial charge in [0.25, 0.3) is 5.56 Å². The fraction of sp³-hybridized carbons (Fsp3) is 0.600. The number of aromatic amines is 1. The summed E-state index contributed by atoms with van der Waals surface area (Å²) in [5, 5.41) is 0.132. The molecule has 4 nitrogen and oxygen atoms in total. The summed E-state index contributed by atoms with van der Waals surface area (Å²) in [6.45, 7) is 5.51. The molecule has 1 aromatic heterocycles. The second-order valence-electron chi connectivity index (χ2n) is 3.51. The molecule has 0 aliphatic carbocycles. The van der Waals surface area contributed by atoms with Gasteiger partial charge in [-0.25, -0.2) is 4.79 Å². The maximum absolute atomic E-state index is 11.8. The zero-order chi connectivity index (χ0) is 11.6. The van der Waals surface area contributed by atoms with Crippen molar-refractivity contribution in [1.29, 1.82) is 0 Å². The molecule has 0 aromatic carbocycles. The molecule has 0 bridgehead atoms. The summed E-state index contributed by atoms with van der Waals surface area (Å²) < 4.78 is 1.25. The molecule has 0 aliphatic heterocycles. The van der Waals surface area contributed by atoms with Crippen molar-refractivity contribution in [2.75, 3.05) is 0 Å². The van der Waals surface area contributed by atoms with Crippen LogP contribution in [-0.4, -0.2) is 9.55 Å². The van der Waals surface area contributed by atoms with E-state index >= 15 is 0 Å². The van der Waals surface area contributed by atoms with Crippen LogP contribution in [0.3, 0.4) is 0 Å². The predicted octanol–water partition coefficient (Wildman–Crippen LogP) is 1.86. The summed E-state index contributed by atoms with van der Waals surface area (Å²) in [5.41, 5.74) is -0.329. The van der Waals surface area contributed by atoms with Crippen LogP contribution in [0, 0.1) is 6.92 Å². The monoisotopic (exact) mass is 230 g/mol. The highest BCUT2D eigenvalue weighted by atomic mass is 35.5. The van der Waals surface area contributed by atoms with Crippen molar-refractivity contribution < 1.29 is 0 Å². The van der Waals surface area contributed by atoms with Crippen LogP contribution >= 0.6 is 11.6 Å². The molecule has 0 radical (unpaired) electrons. The summed E-state index contributed by atoms with van der Waals surface area (Å²) in [7, 11) is 0. The van der Waals surface area contributed by atoms with E-state index in [1.807, 2.05) is 13.8 Å². The first-order valence-electron chi connectivity index (χ1n) is 5.03. The van der Waals surface area contributed by atoms with Gasteiger partial charge < -0.3 is 0 Å². The number of nitrogens with one attached hydrogen (secondary N) is 1. The Labute approximate surface area is 92.9 Å². The molecule has 0 aliphatic rings. The lowest BCUT2D eigenvalue weighted by atomic mass is 10.1. The number of nitrogens with zero attached hydrogens (tertiary/aromatic N) is 1. The van der Waals surface area contributed by atoms with Crippen molar-refractivity contribution >= 4 is 11.6 Å². The van der Waals surface area contributed by atoms with Crippen LogP contribution in [0.1, 0.15) is 38.3 Å². The zero-order valence-electron chi connectivity index (χ0n) is 9.13. The van der Waals surface area contributed by atoms with Crippen molar-refractivity contribution in [2.24, 2.45) is 0 Å². The number of rotatable bonds is 3. The Morgan fingerprint density at radius 2 is 1.87 bits per heavy atom. The zero-order valence-corrected chi connectivity index (χ0v) is 9.89. The van der Waals surface area contributed by atoms with E-state index in [1.54, 1.807) is 6.92 Å². The van der Waals surface area contributed by atoms with Gasteiger partial charge in [-0.05, 0) is 19.8 Å². The molecule has 0 saturated heterocycles. The van der Waals surface area contributed by atoms with E-state index < -0.39 is 5.69 Å². The van der Waals surface area contributed by atoms with E-state index in [2.05, 4.69) is 4.98 Å². The van der Waals surface area contributed by atoms with Gasteiger partial charge in [-0.15, -0.1) is 0 Å². The van der Waals surface area contributed by atoms with Crippen LogP contribution in [0.25, 0.3) is 0 Å². The first-order chi connectivity index (χ1) is 7.02. The minimum atomic E-state index is -0.427. The number of halogens is 1. The lowest BCUT2D eigenvalue weighted by Crippen LogP contribution is -2.39. The SMILES string of the molecule is CCC(CC)n1c(=O)[nH]c(Cl)c(C)c1=O. The molecule has 0 saturated carbocycles. The van der Waals surface area contributed by atoms with Gasteiger partial charge in [-0.2, -0.15) is 0 Å². The lowest BCUT2D eigenvalue weighted by Gasteiger charge is -2.15. The number of hydrogen-bond donors (Lipinski definition) is 1. The third-order valence-corrected chi connectivity index (χ3v) is 2.99. The summed E-state index contributed by atoms with van der Waals surface area (Å²) in [5.74, 6) is 0. The Balaban J connectivity index is 3.49. The van der Waals surface area contributed by atoms with Crippen molar-refractivity contribution in [3.63, 3.8) is 0 Å². The van der Waals surface area contributed by atoms with Crippen molar-refractivity contribution in [2.45, 2.75) is 39.7 Å². The van der Waals surface area contributed by atoms with Crippen LogP contribution in [0.15, 0.2) is 9.59 Å². The van der Waals surface area contributed by atoms with E-state index in [9.17, 15) is 9.59 Å². The van der Waals surface area contributed by atoms with Gasteiger partial charge in [-0.3, -0.25) is 14.3 Å². The molecule has 1 heterocycles. The molecule has 84 valence electrons. The van der Waals surface area contributed by atoms with Gasteiger partial charge in [0.05, 0.1) is 0 Å². The molecule has 0 atom stereocenters. The summed E-state index contributed by atoms with van der Waals surface area (Å²) >= 11 is 5.71. The largest absolute Gasteiger partial charge is 0.329 e. The number of H-pyrrole nitrogens is 1. The minimum absolute atomic E-state index is 0.0581. The summed E-state index contributed by atoms with van der Waals surface area (Å²) in [6.07, 6.45) is 1.50. The molecule has 5 heteroatoms. The summed E-state index contributed by atoms with van der Waals surface area (Å²) in [4.78, 5) is 25.9. The Hall–Kier alpha value is -1.03. The molecular formula is C10H15ClN2O2. The first-order valence-corrected chi connectivity index (χ1v) is 5.41. The van der Waals surface area contributed by atoms with Gasteiger partial charge in [0.2, 0.25) is 0 Å². The van der Waals surface area contributed by atoms with Crippen molar-refractivity contribution in [1.82, 2.24) is 9.55 Å². The Morgan fingerprint density at radius 1 is 1.33 bits per heavy atom. The predicted molar refractivity (Wildman–Crippen MR) is 60.7 cm³/mol. The highest BCUT2D eigenvalue weighted by Crippen LogP contribution is 2.12. The van der Waals surface area contributed by atoms with Crippen LogP contribution < -0.4 is 11.2 Å². The molecule has 0 fully saturated rings. The molecular weight excluding hydrogens is 216 g/mol. The van der Waals surface area contributed by atoms with Crippen molar-refractivity contribution in [3.8, 4) is 0 Å². The van der Waals surface area contributed by atoms with E-state index in [1.165, 1.54) is 4.57 Å². The third kappa shape index (κ3) is 2.15. The molecule has 0 unspecified atom stereocenters. The quantitative estimate of drug-likeness (QED) is 0.806. The van der Waals surface area contributed by atoms with Gasteiger partial charge >= 0.3 is 5.69 Å². The number of hydrogen-bond acceptors (Lipinski definition) is 2. The van der Waals surface area contributed by atoms with E-state index in [0.29, 0.717) is 5.56 Å². The first kappa shape index (κ1) is 12.0. The smallest absolute Gasteiger partial charge is 0.297 e. The fourth-order valence-corrected chi connectivity index (χ4v) is 1.76. The minimum Gasteiger partial charge on any atom is -0.297 e. The third-order valence-electron chi connectivity index (χ3n) is 2.61. The molecule has 0 spiro atoms. The Kier molecular flexibility index (Phi) is 3.74. The van der Waals surface area contributed by atoms with Crippen LogP contribution in [0.5, 0.6) is 0 Å². The summed E-state index contributed by atoms with van der Waals surface area (Å²) in [6, 6.07) is -0.0581. The van der Waals surface area contributed by atoms with Crippen LogP contribution in [0.2, 0.25) is 5.15 Å². The second kappa shape index (κ2) is 4.66. The molecule has 0 amide bonds. The van der Waals surface area contributed by atoms with E-state index in [4.69, 9.17) is 11.6 Å². The maximum Gasteiger partial charge on any atom is 0.329 e. The Morgan fingerprint density at radius 3 is 2.33 bits per heavy atom. The van der Waals surface area contributed by atoms with E-state index in [-0.39, 0.29) is 16.8 Å². The fourth-order valence-electron chi connectivity index (χ4n) is 1.60. The van der Waals surface area contributed by atoms with E-state index in [0.717, 1.165) is 12.8 Å².